The molecule has 1 N–H and O–H groups in total. The minimum Gasteiger partial charge on any atom is -0.454 e. The van der Waals surface area contributed by atoms with Gasteiger partial charge in [0, 0.05) is 17.2 Å². The lowest BCUT2D eigenvalue weighted by Crippen LogP contribution is -2.06. The first-order chi connectivity index (χ1) is 11.9. The van der Waals surface area contributed by atoms with Crippen LogP contribution in [0.2, 0.25) is 0 Å². The Hall–Kier alpha value is -3.27. The van der Waals surface area contributed by atoms with Crippen LogP contribution in [0.1, 0.15) is 11.1 Å². The minimum absolute atomic E-state index is 0.265. The smallest absolute Gasteiger partial charge is 0.231 e. The topological polar surface area (TPSA) is 42.9 Å². The maximum Gasteiger partial charge on any atom is 0.231 e. The van der Waals surface area contributed by atoms with E-state index in [1.807, 2.05) is 78.9 Å². The molecule has 3 aromatic rings. The molecule has 0 amide bonds. The molecule has 0 aromatic heterocycles. The van der Waals surface area contributed by atoms with Crippen molar-refractivity contribution in [2.24, 2.45) is 5.10 Å². The Bertz CT molecular complexity index is 820. The standard InChI is InChI=1S/C20H16N2O2/c1-3-7-15(8-4-1)20(16-9-5-2-6-10-16)22-21-17-11-12-18-19(13-17)24-14-23-18/h1-13,21H,14H2. The van der Waals surface area contributed by atoms with Crippen molar-refractivity contribution in [1.29, 1.82) is 0 Å². The first kappa shape index (κ1) is 14.3. The molecule has 0 aliphatic carbocycles. The zero-order valence-corrected chi connectivity index (χ0v) is 13.0. The summed E-state index contributed by atoms with van der Waals surface area (Å²) in [6, 6.07) is 25.9. The molecule has 0 unspecified atom stereocenters. The second kappa shape index (κ2) is 6.46. The summed E-state index contributed by atoms with van der Waals surface area (Å²) >= 11 is 0. The van der Waals surface area contributed by atoms with Crippen molar-refractivity contribution in [2.75, 3.05) is 12.2 Å². The maximum absolute atomic E-state index is 5.40. The van der Waals surface area contributed by atoms with Crippen LogP contribution in [-0.2, 0) is 0 Å². The molecule has 0 atom stereocenters. The van der Waals surface area contributed by atoms with Gasteiger partial charge in [-0.05, 0) is 12.1 Å². The summed E-state index contributed by atoms with van der Waals surface area (Å²) in [5.41, 5.74) is 6.96. The van der Waals surface area contributed by atoms with Gasteiger partial charge in [0.05, 0.1) is 11.4 Å². The molecule has 1 heterocycles. The molecule has 0 radical (unpaired) electrons. The second-order valence-corrected chi connectivity index (χ2v) is 5.37. The van der Waals surface area contributed by atoms with Crippen LogP contribution in [-0.4, -0.2) is 12.5 Å². The fourth-order valence-corrected chi connectivity index (χ4v) is 2.57. The normalized spacial score (nSPS) is 11.8. The molecule has 4 heteroatoms. The fraction of sp³-hybridized carbons (Fsp3) is 0.0500. The first-order valence-electron chi connectivity index (χ1n) is 7.74. The van der Waals surface area contributed by atoms with Crippen molar-refractivity contribution in [3.05, 3.63) is 90.0 Å². The number of ether oxygens (including phenoxy) is 2. The fourth-order valence-electron chi connectivity index (χ4n) is 2.57. The van der Waals surface area contributed by atoms with Gasteiger partial charge in [-0.25, -0.2) is 0 Å². The van der Waals surface area contributed by atoms with Crippen molar-refractivity contribution in [3.8, 4) is 11.5 Å². The predicted molar refractivity (Wildman–Crippen MR) is 94.7 cm³/mol. The van der Waals surface area contributed by atoms with Crippen LogP contribution >= 0.6 is 0 Å². The molecule has 1 aliphatic heterocycles. The molecule has 0 saturated heterocycles. The maximum atomic E-state index is 5.40. The minimum atomic E-state index is 0.265. The van der Waals surface area contributed by atoms with Gasteiger partial charge >= 0.3 is 0 Å². The SMILES string of the molecule is c1ccc(C(=NNc2ccc3c(c2)OCO3)c2ccccc2)cc1. The summed E-state index contributed by atoms with van der Waals surface area (Å²) in [6.07, 6.45) is 0. The van der Waals surface area contributed by atoms with Crippen LogP contribution in [0.3, 0.4) is 0 Å². The van der Waals surface area contributed by atoms with Gasteiger partial charge in [0.1, 0.15) is 0 Å². The highest BCUT2D eigenvalue weighted by Gasteiger charge is 2.13. The van der Waals surface area contributed by atoms with Crippen molar-refractivity contribution in [2.45, 2.75) is 0 Å². The monoisotopic (exact) mass is 316 g/mol. The van der Waals surface area contributed by atoms with E-state index in [9.17, 15) is 0 Å². The van der Waals surface area contributed by atoms with E-state index in [1.54, 1.807) is 0 Å². The predicted octanol–water partition coefficient (Wildman–Crippen LogP) is 4.28. The zero-order valence-electron chi connectivity index (χ0n) is 13.0. The summed E-state index contributed by atoms with van der Waals surface area (Å²) in [6.45, 7) is 0.265. The van der Waals surface area contributed by atoms with Crippen molar-refractivity contribution >= 4 is 11.4 Å². The number of nitrogens with zero attached hydrogens (tertiary/aromatic N) is 1. The van der Waals surface area contributed by atoms with Gasteiger partial charge in [-0.1, -0.05) is 60.7 Å². The van der Waals surface area contributed by atoms with Crippen LogP contribution in [0.25, 0.3) is 0 Å². The van der Waals surface area contributed by atoms with E-state index in [0.29, 0.717) is 0 Å². The van der Waals surface area contributed by atoms with Gasteiger partial charge in [0.15, 0.2) is 11.5 Å². The summed E-state index contributed by atoms with van der Waals surface area (Å²) in [5.74, 6) is 1.49. The summed E-state index contributed by atoms with van der Waals surface area (Å²) < 4.78 is 10.7. The quantitative estimate of drug-likeness (QED) is 0.577. The lowest BCUT2D eigenvalue weighted by Gasteiger charge is -2.09. The Morgan fingerprint density at radius 1 is 0.750 bits per heavy atom. The number of hydrogen-bond acceptors (Lipinski definition) is 4. The van der Waals surface area contributed by atoms with Crippen molar-refractivity contribution in [1.82, 2.24) is 0 Å². The lowest BCUT2D eigenvalue weighted by molar-refractivity contribution is 0.174. The van der Waals surface area contributed by atoms with Crippen LogP contribution in [0, 0.1) is 0 Å². The van der Waals surface area contributed by atoms with Crippen molar-refractivity contribution in [3.63, 3.8) is 0 Å². The first-order valence-corrected chi connectivity index (χ1v) is 7.74. The Labute approximate surface area is 140 Å². The summed E-state index contributed by atoms with van der Waals surface area (Å²) in [7, 11) is 0. The largest absolute Gasteiger partial charge is 0.454 e. The average Bonchev–Trinajstić information content (AvgIpc) is 3.11. The molecule has 0 spiro atoms. The van der Waals surface area contributed by atoms with E-state index in [-0.39, 0.29) is 6.79 Å². The summed E-state index contributed by atoms with van der Waals surface area (Å²) in [4.78, 5) is 0. The van der Waals surface area contributed by atoms with Crippen LogP contribution < -0.4 is 14.9 Å². The molecule has 0 saturated carbocycles. The average molecular weight is 316 g/mol. The Morgan fingerprint density at radius 3 is 2.04 bits per heavy atom. The highest BCUT2D eigenvalue weighted by atomic mass is 16.7. The van der Waals surface area contributed by atoms with E-state index < -0.39 is 0 Å². The van der Waals surface area contributed by atoms with Gasteiger partial charge in [0.2, 0.25) is 6.79 Å². The molecule has 3 aromatic carbocycles. The second-order valence-electron chi connectivity index (χ2n) is 5.37. The van der Waals surface area contributed by atoms with E-state index >= 15 is 0 Å². The number of anilines is 1. The van der Waals surface area contributed by atoms with Crippen LogP contribution in [0.5, 0.6) is 11.5 Å². The van der Waals surface area contributed by atoms with Crippen LogP contribution in [0.15, 0.2) is 84.0 Å². The third-order valence-corrected chi connectivity index (χ3v) is 3.76. The van der Waals surface area contributed by atoms with E-state index in [1.165, 1.54) is 0 Å². The number of benzene rings is 3. The number of rotatable bonds is 4. The molecule has 4 nitrogen and oxygen atoms in total. The molecule has 24 heavy (non-hydrogen) atoms. The number of hydrazone groups is 1. The zero-order chi connectivity index (χ0) is 16.2. The van der Waals surface area contributed by atoms with Gasteiger partial charge in [-0.3, -0.25) is 5.43 Å². The van der Waals surface area contributed by atoms with E-state index in [4.69, 9.17) is 9.47 Å². The highest BCUT2D eigenvalue weighted by molar-refractivity contribution is 6.13. The Morgan fingerprint density at radius 2 is 1.38 bits per heavy atom. The molecule has 4 rings (SSSR count). The van der Waals surface area contributed by atoms with Gasteiger partial charge in [0.25, 0.3) is 0 Å². The molecule has 0 bridgehead atoms. The highest BCUT2D eigenvalue weighted by Crippen LogP contribution is 2.34. The van der Waals surface area contributed by atoms with Gasteiger partial charge < -0.3 is 9.47 Å². The van der Waals surface area contributed by atoms with Gasteiger partial charge in [-0.2, -0.15) is 5.10 Å². The third kappa shape index (κ3) is 2.94. The van der Waals surface area contributed by atoms with E-state index in [0.717, 1.165) is 34.0 Å². The lowest BCUT2D eigenvalue weighted by atomic mass is 10.0. The number of hydrogen-bond donors (Lipinski definition) is 1. The van der Waals surface area contributed by atoms with Gasteiger partial charge in [-0.15, -0.1) is 0 Å². The molecule has 118 valence electrons. The molecular weight excluding hydrogens is 300 g/mol. The van der Waals surface area contributed by atoms with Crippen LogP contribution in [0.4, 0.5) is 5.69 Å². The number of fused-ring (bicyclic) bond motifs is 1. The summed E-state index contributed by atoms with van der Waals surface area (Å²) in [5, 5.41) is 4.63. The molecule has 1 aliphatic rings. The van der Waals surface area contributed by atoms with E-state index in [2.05, 4.69) is 10.5 Å². The van der Waals surface area contributed by atoms with Crippen molar-refractivity contribution < 1.29 is 9.47 Å². The molecule has 0 fully saturated rings. The number of nitrogens with one attached hydrogen (secondary N) is 1. The third-order valence-electron chi connectivity index (χ3n) is 3.76. The Kier molecular flexibility index (Phi) is 3.86. The molecular formula is C20H16N2O2. The Balaban J connectivity index is 1.67.